The van der Waals surface area contributed by atoms with Crippen LogP contribution < -0.4 is 18.9 Å². The number of carbonyl (C=O) groups is 1. The second kappa shape index (κ2) is 9.05. The molecule has 8 heteroatoms. The van der Waals surface area contributed by atoms with Gasteiger partial charge in [-0.3, -0.25) is 4.79 Å². The smallest absolute Gasteiger partial charge is 0.310 e. The molecule has 32 heavy (non-hydrogen) atoms. The number of rotatable bonds is 7. The predicted molar refractivity (Wildman–Crippen MR) is 118 cm³/mol. The highest BCUT2D eigenvalue weighted by Crippen LogP contribution is 2.43. The minimum absolute atomic E-state index is 0.207. The van der Waals surface area contributed by atoms with Gasteiger partial charge in [-0.2, -0.15) is 5.10 Å². The van der Waals surface area contributed by atoms with Crippen LogP contribution in [0.25, 0.3) is 0 Å². The first-order valence-electron chi connectivity index (χ1n) is 9.98. The Morgan fingerprint density at radius 1 is 0.969 bits per heavy atom. The van der Waals surface area contributed by atoms with E-state index >= 15 is 0 Å². The molecule has 0 fully saturated rings. The quantitative estimate of drug-likeness (QED) is 0.549. The Morgan fingerprint density at radius 2 is 1.72 bits per heavy atom. The van der Waals surface area contributed by atoms with E-state index in [2.05, 4.69) is 5.10 Å². The molecule has 0 radical (unpaired) electrons. The summed E-state index contributed by atoms with van der Waals surface area (Å²) in [4.78, 5) is 13.2. The molecule has 0 saturated carbocycles. The van der Waals surface area contributed by atoms with Crippen LogP contribution in [0.2, 0.25) is 0 Å². The van der Waals surface area contributed by atoms with Crippen LogP contribution in [0.1, 0.15) is 34.1 Å². The average Bonchev–Trinajstić information content (AvgIpc) is 3.53. The molecule has 4 rings (SSSR count). The Balaban J connectivity index is 1.79. The van der Waals surface area contributed by atoms with Crippen LogP contribution in [0.3, 0.4) is 0 Å². The molecule has 0 N–H and O–H groups in total. The van der Waals surface area contributed by atoms with Crippen molar-refractivity contribution in [3.8, 4) is 23.0 Å². The molecule has 1 aromatic heterocycles. The largest absolute Gasteiger partial charge is 0.497 e. The summed E-state index contributed by atoms with van der Waals surface area (Å²) in [6, 6.07) is 14.1. The summed E-state index contributed by atoms with van der Waals surface area (Å²) >= 11 is 0. The minimum atomic E-state index is -0.400. The molecule has 0 aliphatic carbocycles. The molecule has 0 unspecified atom stereocenters. The lowest BCUT2D eigenvalue weighted by molar-refractivity contribution is 0.0678. The van der Waals surface area contributed by atoms with Crippen molar-refractivity contribution >= 4 is 11.6 Å². The van der Waals surface area contributed by atoms with Crippen molar-refractivity contribution < 1.29 is 28.2 Å². The van der Waals surface area contributed by atoms with Gasteiger partial charge in [0.1, 0.15) is 5.75 Å². The van der Waals surface area contributed by atoms with E-state index in [1.165, 1.54) is 11.3 Å². The van der Waals surface area contributed by atoms with E-state index in [9.17, 15) is 4.79 Å². The highest BCUT2D eigenvalue weighted by molar-refractivity contribution is 6.04. The highest BCUT2D eigenvalue weighted by atomic mass is 16.5. The van der Waals surface area contributed by atoms with E-state index in [0.29, 0.717) is 29.4 Å². The van der Waals surface area contributed by atoms with Crippen molar-refractivity contribution in [1.82, 2.24) is 5.01 Å². The van der Waals surface area contributed by atoms with Crippen LogP contribution in [0, 0.1) is 0 Å². The van der Waals surface area contributed by atoms with Crippen molar-refractivity contribution in [1.29, 1.82) is 0 Å². The van der Waals surface area contributed by atoms with Gasteiger partial charge in [0, 0.05) is 12.0 Å². The lowest BCUT2D eigenvalue weighted by Gasteiger charge is -2.23. The fourth-order valence-corrected chi connectivity index (χ4v) is 3.74. The molecule has 2 heterocycles. The molecule has 0 spiro atoms. The maximum atomic E-state index is 13.2. The summed E-state index contributed by atoms with van der Waals surface area (Å²) < 4.78 is 27.1. The van der Waals surface area contributed by atoms with Crippen LogP contribution in [0.15, 0.2) is 64.3 Å². The zero-order chi connectivity index (χ0) is 22.7. The fraction of sp³-hybridized carbons (Fsp3) is 0.250. The lowest BCUT2D eigenvalue weighted by atomic mass is 9.97. The van der Waals surface area contributed by atoms with Gasteiger partial charge in [-0.05, 0) is 42.0 Å². The molecule has 3 aromatic rings. The van der Waals surface area contributed by atoms with Gasteiger partial charge in [-0.1, -0.05) is 12.1 Å². The van der Waals surface area contributed by atoms with Crippen LogP contribution >= 0.6 is 0 Å². The first-order chi connectivity index (χ1) is 15.6. The number of hydrogen-bond donors (Lipinski definition) is 0. The van der Waals surface area contributed by atoms with Gasteiger partial charge >= 0.3 is 5.91 Å². The zero-order valence-electron chi connectivity index (χ0n) is 18.3. The third-order valence-electron chi connectivity index (χ3n) is 5.33. The van der Waals surface area contributed by atoms with Crippen LogP contribution in [0.5, 0.6) is 23.0 Å². The van der Waals surface area contributed by atoms with Crippen LogP contribution in [-0.4, -0.2) is 45.1 Å². The van der Waals surface area contributed by atoms with E-state index in [-0.39, 0.29) is 11.7 Å². The van der Waals surface area contributed by atoms with Gasteiger partial charge < -0.3 is 23.4 Å². The van der Waals surface area contributed by atoms with Crippen LogP contribution in [-0.2, 0) is 0 Å². The van der Waals surface area contributed by atoms with Crippen molar-refractivity contribution in [3.63, 3.8) is 0 Å². The lowest BCUT2D eigenvalue weighted by Crippen LogP contribution is -2.26. The van der Waals surface area contributed by atoms with E-state index < -0.39 is 6.04 Å². The standard InChI is InChI=1S/C24H24N2O6/c1-28-17-8-5-7-15(11-17)18-14-19(26(25-18)24(27)20-9-6-10-32-20)16-12-21(29-2)23(31-4)22(13-16)30-3/h5-13,19H,14H2,1-4H3/t19-/m0/s1. The van der Waals surface area contributed by atoms with Crippen molar-refractivity contribution in [3.05, 3.63) is 71.7 Å². The zero-order valence-corrected chi connectivity index (χ0v) is 18.3. The van der Waals surface area contributed by atoms with Gasteiger partial charge in [-0.25, -0.2) is 5.01 Å². The summed E-state index contributed by atoms with van der Waals surface area (Å²) in [5.41, 5.74) is 2.42. The van der Waals surface area contributed by atoms with Gasteiger partial charge in [0.05, 0.1) is 46.5 Å². The molecule has 0 saturated heterocycles. The Bertz CT molecular complexity index is 1110. The number of furan rings is 1. The summed E-state index contributed by atoms with van der Waals surface area (Å²) in [6.07, 6.45) is 1.95. The molecule has 0 bridgehead atoms. The Hall–Kier alpha value is -3.94. The van der Waals surface area contributed by atoms with E-state index in [0.717, 1.165) is 16.8 Å². The number of ether oxygens (including phenoxy) is 4. The number of hydrazone groups is 1. The van der Waals surface area contributed by atoms with E-state index in [1.54, 1.807) is 40.6 Å². The molecule has 8 nitrogen and oxygen atoms in total. The summed E-state index contributed by atoms with van der Waals surface area (Å²) in [5, 5.41) is 6.11. The molecule has 1 aliphatic heterocycles. The van der Waals surface area contributed by atoms with Gasteiger partial charge in [0.25, 0.3) is 0 Å². The first kappa shape index (κ1) is 21.3. The van der Waals surface area contributed by atoms with Crippen LogP contribution in [0.4, 0.5) is 0 Å². The fourth-order valence-electron chi connectivity index (χ4n) is 3.74. The summed E-state index contributed by atoms with van der Waals surface area (Å²) in [5.74, 6) is 2.06. The van der Waals surface area contributed by atoms with E-state index in [4.69, 9.17) is 23.4 Å². The number of carbonyl (C=O) groups excluding carboxylic acids is 1. The third-order valence-corrected chi connectivity index (χ3v) is 5.33. The maximum absolute atomic E-state index is 13.2. The number of nitrogens with zero attached hydrogens (tertiary/aromatic N) is 2. The molecule has 1 amide bonds. The normalized spacial score (nSPS) is 15.3. The van der Waals surface area contributed by atoms with Gasteiger partial charge in [-0.15, -0.1) is 0 Å². The minimum Gasteiger partial charge on any atom is -0.497 e. The molecule has 2 aromatic carbocycles. The first-order valence-corrected chi connectivity index (χ1v) is 9.98. The van der Waals surface area contributed by atoms with Crippen molar-refractivity contribution in [2.45, 2.75) is 12.5 Å². The Labute approximate surface area is 185 Å². The molecular weight excluding hydrogens is 412 g/mol. The third kappa shape index (κ3) is 3.87. The molecule has 166 valence electrons. The molecule has 1 aliphatic rings. The maximum Gasteiger partial charge on any atom is 0.310 e. The SMILES string of the molecule is COc1cccc(C2=NN(C(=O)c3ccco3)[C@H](c3cc(OC)c(OC)c(OC)c3)C2)c1. The number of methoxy groups -OCH3 is 4. The van der Waals surface area contributed by atoms with Crippen molar-refractivity contribution in [2.24, 2.45) is 5.10 Å². The second-order valence-electron chi connectivity index (χ2n) is 7.08. The number of hydrogen-bond acceptors (Lipinski definition) is 7. The van der Waals surface area contributed by atoms with Crippen molar-refractivity contribution in [2.75, 3.05) is 28.4 Å². The monoisotopic (exact) mass is 436 g/mol. The second-order valence-corrected chi connectivity index (χ2v) is 7.08. The Morgan fingerprint density at radius 3 is 2.31 bits per heavy atom. The predicted octanol–water partition coefficient (Wildman–Crippen LogP) is 4.31. The topological polar surface area (TPSA) is 82.7 Å². The summed E-state index contributed by atoms with van der Waals surface area (Å²) in [7, 11) is 6.27. The molecule has 1 atom stereocenters. The number of amides is 1. The highest BCUT2D eigenvalue weighted by Gasteiger charge is 2.36. The molecular formula is C24H24N2O6. The Kier molecular flexibility index (Phi) is 6.02. The average molecular weight is 436 g/mol. The summed E-state index contributed by atoms with van der Waals surface area (Å²) in [6.45, 7) is 0. The number of benzene rings is 2. The van der Waals surface area contributed by atoms with Gasteiger partial charge in [0.15, 0.2) is 17.3 Å². The van der Waals surface area contributed by atoms with Gasteiger partial charge in [0.2, 0.25) is 5.75 Å². The van der Waals surface area contributed by atoms with E-state index in [1.807, 2.05) is 36.4 Å².